The molecule has 0 rings (SSSR count). The number of carbonyl (C=O) groups excluding carboxylic acids is 1. The minimum atomic E-state index is -0.273. The Labute approximate surface area is 98.2 Å². The Balaban J connectivity index is 3.48. The van der Waals surface area contributed by atoms with Crippen LogP contribution >= 0.6 is 0 Å². The zero-order valence-corrected chi connectivity index (χ0v) is 10.5. The van der Waals surface area contributed by atoms with Gasteiger partial charge in [-0.15, -0.1) is 0 Å². The molecule has 0 aromatic carbocycles. The first-order valence-corrected chi connectivity index (χ1v) is 5.80. The average molecular weight is 225 g/mol. The summed E-state index contributed by atoms with van der Waals surface area (Å²) in [7, 11) is 0. The SMILES string of the molecule is CC(CC(N)=O)NCCCCC(C)(C)C#N. The fourth-order valence-corrected chi connectivity index (χ4v) is 1.47. The second-order valence-corrected chi connectivity index (χ2v) is 4.98. The van der Waals surface area contributed by atoms with Gasteiger partial charge in [0, 0.05) is 12.5 Å². The van der Waals surface area contributed by atoms with Crippen LogP contribution in [0.1, 0.15) is 46.5 Å². The van der Waals surface area contributed by atoms with Gasteiger partial charge in [-0.05, 0) is 40.2 Å². The van der Waals surface area contributed by atoms with Crippen molar-refractivity contribution < 1.29 is 4.79 Å². The lowest BCUT2D eigenvalue weighted by atomic mass is 9.89. The Morgan fingerprint density at radius 2 is 2.12 bits per heavy atom. The van der Waals surface area contributed by atoms with Crippen LogP contribution < -0.4 is 11.1 Å². The van der Waals surface area contributed by atoms with Crippen molar-refractivity contribution in [1.29, 1.82) is 5.26 Å². The third-order valence-electron chi connectivity index (χ3n) is 2.53. The highest BCUT2D eigenvalue weighted by molar-refractivity contribution is 5.74. The van der Waals surface area contributed by atoms with Gasteiger partial charge in [-0.2, -0.15) is 5.26 Å². The van der Waals surface area contributed by atoms with Crippen LogP contribution in [0.25, 0.3) is 0 Å². The van der Waals surface area contributed by atoms with Gasteiger partial charge in [0.25, 0.3) is 0 Å². The van der Waals surface area contributed by atoms with Crippen molar-refractivity contribution in [2.75, 3.05) is 6.54 Å². The molecule has 4 nitrogen and oxygen atoms in total. The maximum Gasteiger partial charge on any atom is 0.218 e. The van der Waals surface area contributed by atoms with E-state index in [2.05, 4.69) is 11.4 Å². The van der Waals surface area contributed by atoms with Gasteiger partial charge in [0.15, 0.2) is 0 Å². The van der Waals surface area contributed by atoms with Crippen LogP contribution in [0, 0.1) is 16.7 Å². The van der Waals surface area contributed by atoms with Crippen molar-refractivity contribution in [3.8, 4) is 6.07 Å². The molecule has 1 amide bonds. The first-order valence-electron chi connectivity index (χ1n) is 5.80. The van der Waals surface area contributed by atoms with Gasteiger partial charge in [0.2, 0.25) is 5.91 Å². The number of nitriles is 1. The van der Waals surface area contributed by atoms with Crippen LogP contribution in [0.5, 0.6) is 0 Å². The molecule has 3 N–H and O–H groups in total. The predicted molar refractivity (Wildman–Crippen MR) is 64.5 cm³/mol. The van der Waals surface area contributed by atoms with Crippen LogP contribution in [0.15, 0.2) is 0 Å². The highest BCUT2D eigenvalue weighted by Gasteiger charge is 2.15. The highest BCUT2D eigenvalue weighted by Crippen LogP contribution is 2.21. The molecule has 1 unspecified atom stereocenters. The minimum absolute atomic E-state index is 0.140. The molecule has 0 saturated heterocycles. The summed E-state index contributed by atoms with van der Waals surface area (Å²) in [4.78, 5) is 10.6. The van der Waals surface area contributed by atoms with Gasteiger partial charge in [-0.25, -0.2) is 0 Å². The van der Waals surface area contributed by atoms with Gasteiger partial charge >= 0.3 is 0 Å². The first-order chi connectivity index (χ1) is 7.37. The maximum absolute atomic E-state index is 10.6. The Bertz CT molecular complexity index is 255. The lowest BCUT2D eigenvalue weighted by Crippen LogP contribution is -2.31. The fraction of sp³-hybridized carbons (Fsp3) is 0.833. The second-order valence-electron chi connectivity index (χ2n) is 4.98. The van der Waals surface area contributed by atoms with E-state index in [1.54, 1.807) is 0 Å². The van der Waals surface area contributed by atoms with E-state index in [0.29, 0.717) is 6.42 Å². The van der Waals surface area contributed by atoms with Crippen molar-refractivity contribution in [3.05, 3.63) is 0 Å². The number of hydrogen-bond acceptors (Lipinski definition) is 3. The van der Waals surface area contributed by atoms with E-state index < -0.39 is 0 Å². The first kappa shape index (κ1) is 14.9. The molecule has 1 atom stereocenters. The largest absolute Gasteiger partial charge is 0.370 e. The van der Waals surface area contributed by atoms with Gasteiger partial charge in [-0.3, -0.25) is 4.79 Å². The molecule has 92 valence electrons. The van der Waals surface area contributed by atoms with Crippen molar-refractivity contribution in [2.24, 2.45) is 11.1 Å². The predicted octanol–water partition coefficient (Wildman–Crippen LogP) is 1.56. The summed E-state index contributed by atoms with van der Waals surface area (Å²) in [6, 6.07) is 2.43. The summed E-state index contributed by atoms with van der Waals surface area (Å²) in [6.45, 7) is 6.73. The number of rotatable bonds is 8. The standard InChI is InChI=1S/C12H23N3O/c1-10(8-11(14)16)15-7-5-4-6-12(2,3)9-13/h10,15H,4-8H2,1-3H3,(H2,14,16). The summed E-state index contributed by atoms with van der Waals surface area (Å²) in [6.07, 6.45) is 3.34. The summed E-state index contributed by atoms with van der Waals surface area (Å²) in [5.74, 6) is -0.273. The van der Waals surface area contributed by atoms with Crippen molar-refractivity contribution >= 4 is 5.91 Å². The van der Waals surface area contributed by atoms with E-state index in [4.69, 9.17) is 11.0 Å². The molecule has 16 heavy (non-hydrogen) atoms. The second kappa shape index (κ2) is 7.24. The van der Waals surface area contributed by atoms with Gasteiger partial charge in [0.1, 0.15) is 0 Å². The average Bonchev–Trinajstić information content (AvgIpc) is 2.16. The number of amides is 1. The van der Waals surface area contributed by atoms with Crippen molar-refractivity contribution in [1.82, 2.24) is 5.32 Å². The van der Waals surface area contributed by atoms with E-state index in [1.165, 1.54) is 0 Å². The number of primary amides is 1. The molecule has 4 heteroatoms. The van der Waals surface area contributed by atoms with Crippen LogP contribution in [0.3, 0.4) is 0 Å². The number of nitrogens with zero attached hydrogens (tertiary/aromatic N) is 1. The summed E-state index contributed by atoms with van der Waals surface area (Å²) in [5.41, 5.74) is 4.86. The molecule has 0 aliphatic heterocycles. The molecular weight excluding hydrogens is 202 g/mol. The molecule has 0 aromatic rings. The highest BCUT2D eigenvalue weighted by atomic mass is 16.1. The van der Waals surface area contributed by atoms with Crippen LogP contribution in [-0.2, 0) is 4.79 Å². The lowest BCUT2D eigenvalue weighted by molar-refractivity contribution is -0.118. The van der Waals surface area contributed by atoms with E-state index in [-0.39, 0.29) is 17.4 Å². The number of unbranched alkanes of at least 4 members (excludes halogenated alkanes) is 1. The molecule has 0 saturated carbocycles. The van der Waals surface area contributed by atoms with Gasteiger partial charge in [0.05, 0.1) is 11.5 Å². The number of carbonyl (C=O) groups is 1. The number of nitrogens with two attached hydrogens (primary N) is 1. The third kappa shape index (κ3) is 8.25. The Kier molecular flexibility index (Phi) is 6.75. The number of nitrogens with one attached hydrogen (secondary N) is 1. The summed E-state index contributed by atoms with van der Waals surface area (Å²) >= 11 is 0. The van der Waals surface area contributed by atoms with E-state index in [9.17, 15) is 4.79 Å². The molecule has 0 bridgehead atoms. The summed E-state index contributed by atoms with van der Waals surface area (Å²) in [5, 5.41) is 12.1. The minimum Gasteiger partial charge on any atom is -0.370 e. The molecule has 0 aliphatic rings. The third-order valence-corrected chi connectivity index (χ3v) is 2.53. The zero-order chi connectivity index (χ0) is 12.6. The molecule has 0 fully saturated rings. The van der Waals surface area contributed by atoms with E-state index >= 15 is 0 Å². The Morgan fingerprint density at radius 3 is 2.62 bits per heavy atom. The van der Waals surface area contributed by atoms with Gasteiger partial charge in [-0.1, -0.05) is 6.42 Å². The fourth-order valence-electron chi connectivity index (χ4n) is 1.47. The van der Waals surface area contributed by atoms with E-state index in [1.807, 2.05) is 20.8 Å². The quantitative estimate of drug-likeness (QED) is 0.615. The van der Waals surface area contributed by atoms with E-state index in [0.717, 1.165) is 25.8 Å². The van der Waals surface area contributed by atoms with Crippen LogP contribution in [-0.4, -0.2) is 18.5 Å². The van der Waals surface area contributed by atoms with Crippen LogP contribution in [0.4, 0.5) is 0 Å². The lowest BCUT2D eigenvalue weighted by Gasteiger charge is -2.15. The molecule has 0 spiro atoms. The normalized spacial score (nSPS) is 13.1. The van der Waals surface area contributed by atoms with Gasteiger partial charge < -0.3 is 11.1 Å². The smallest absolute Gasteiger partial charge is 0.218 e. The maximum atomic E-state index is 10.6. The number of hydrogen-bond donors (Lipinski definition) is 2. The topological polar surface area (TPSA) is 78.9 Å². The Hall–Kier alpha value is -1.08. The van der Waals surface area contributed by atoms with Crippen LogP contribution in [0.2, 0.25) is 0 Å². The molecule has 0 heterocycles. The van der Waals surface area contributed by atoms with Crippen molar-refractivity contribution in [2.45, 2.75) is 52.5 Å². The molecule has 0 aliphatic carbocycles. The molecular formula is C12H23N3O. The summed E-state index contributed by atoms with van der Waals surface area (Å²) < 4.78 is 0. The molecule has 0 radical (unpaired) electrons. The van der Waals surface area contributed by atoms with Crippen molar-refractivity contribution in [3.63, 3.8) is 0 Å². The zero-order valence-electron chi connectivity index (χ0n) is 10.5. The molecule has 0 aromatic heterocycles. The monoisotopic (exact) mass is 225 g/mol. The Morgan fingerprint density at radius 1 is 1.50 bits per heavy atom.